The number of ether oxygens (including phenoxy) is 1. The van der Waals surface area contributed by atoms with Crippen molar-refractivity contribution >= 4 is 11.6 Å². The smallest absolute Gasteiger partial charge is 0.0755 e. The summed E-state index contributed by atoms with van der Waals surface area (Å²) in [6.45, 7) is 0. The summed E-state index contributed by atoms with van der Waals surface area (Å²) in [5.41, 5.74) is 1.14. The summed E-state index contributed by atoms with van der Waals surface area (Å²) in [5.74, 6) is 0.659. The average molecular weight is 297 g/mol. The molecule has 1 aromatic heterocycles. The van der Waals surface area contributed by atoms with Crippen molar-refractivity contribution in [3.63, 3.8) is 0 Å². The minimum Gasteiger partial charge on any atom is -0.380 e. The second kappa shape index (κ2) is 7.96. The fourth-order valence-corrected chi connectivity index (χ4v) is 3.53. The molecule has 1 aromatic rings. The van der Waals surface area contributed by atoms with Crippen LogP contribution in [0.3, 0.4) is 0 Å². The van der Waals surface area contributed by atoms with Crippen molar-refractivity contribution in [1.82, 2.24) is 10.3 Å². The number of likely N-dealkylation sites (N-methyl/N-ethyl adjacent to an activating group) is 1. The van der Waals surface area contributed by atoms with Crippen LogP contribution in [0, 0.1) is 5.92 Å². The molecule has 20 heavy (non-hydrogen) atoms. The van der Waals surface area contributed by atoms with Crippen molar-refractivity contribution in [3.8, 4) is 0 Å². The van der Waals surface area contributed by atoms with Crippen molar-refractivity contribution in [2.75, 3.05) is 14.2 Å². The van der Waals surface area contributed by atoms with Crippen LogP contribution in [-0.2, 0) is 11.2 Å². The van der Waals surface area contributed by atoms with E-state index in [-0.39, 0.29) is 6.10 Å². The summed E-state index contributed by atoms with van der Waals surface area (Å²) in [6.07, 6.45) is 11.2. The van der Waals surface area contributed by atoms with Crippen LogP contribution in [-0.4, -0.2) is 31.3 Å². The van der Waals surface area contributed by atoms with E-state index >= 15 is 0 Å². The molecule has 1 aliphatic carbocycles. The van der Waals surface area contributed by atoms with Crippen LogP contribution in [0.5, 0.6) is 0 Å². The maximum absolute atomic E-state index is 6.23. The first-order chi connectivity index (χ1) is 9.76. The van der Waals surface area contributed by atoms with Gasteiger partial charge in [-0.3, -0.25) is 4.98 Å². The average Bonchev–Trinajstić information content (AvgIpc) is 2.50. The molecular formula is C16H25ClN2O. The Hall–Kier alpha value is -0.640. The molecule has 1 aliphatic rings. The second-order valence-corrected chi connectivity index (χ2v) is 6.07. The van der Waals surface area contributed by atoms with Gasteiger partial charge >= 0.3 is 0 Å². The van der Waals surface area contributed by atoms with Gasteiger partial charge in [-0.1, -0.05) is 30.9 Å². The van der Waals surface area contributed by atoms with Crippen molar-refractivity contribution in [2.45, 2.75) is 50.7 Å². The van der Waals surface area contributed by atoms with E-state index in [4.69, 9.17) is 16.3 Å². The van der Waals surface area contributed by atoms with Crippen molar-refractivity contribution in [3.05, 3.63) is 29.0 Å². The number of hydrogen-bond acceptors (Lipinski definition) is 3. The number of nitrogens with one attached hydrogen (secondary N) is 1. The highest BCUT2D eigenvalue weighted by Gasteiger charge is 2.30. The van der Waals surface area contributed by atoms with Gasteiger partial charge in [0.15, 0.2) is 0 Å². The van der Waals surface area contributed by atoms with Gasteiger partial charge in [-0.25, -0.2) is 0 Å². The molecule has 1 N–H and O–H groups in total. The third kappa shape index (κ3) is 3.94. The normalized spacial score (nSPS) is 19.8. The van der Waals surface area contributed by atoms with Gasteiger partial charge in [0.1, 0.15) is 0 Å². The number of nitrogens with zero attached hydrogens (tertiary/aromatic N) is 1. The van der Waals surface area contributed by atoms with Gasteiger partial charge in [0.25, 0.3) is 0 Å². The molecule has 2 atom stereocenters. The van der Waals surface area contributed by atoms with Gasteiger partial charge in [-0.2, -0.15) is 0 Å². The third-order valence-corrected chi connectivity index (χ3v) is 4.79. The largest absolute Gasteiger partial charge is 0.380 e. The molecule has 1 heterocycles. The van der Waals surface area contributed by atoms with E-state index in [1.165, 1.54) is 32.1 Å². The lowest BCUT2D eigenvalue weighted by Gasteiger charge is -2.35. The summed E-state index contributed by atoms with van der Waals surface area (Å²) in [5, 5.41) is 4.16. The standard InChI is InChI=1S/C16H25ClN2O/c1-18-15(10-13-8-9-19-11-14(13)17)16(20-2)12-6-4-3-5-7-12/h8-9,11-12,15-16,18H,3-7,10H2,1-2H3. The lowest BCUT2D eigenvalue weighted by Crippen LogP contribution is -2.45. The summed E-state index contributed by atoms with van der Waals surface area (Å²) in [7, 11) is 3.84. The molecule has 2 unspecified atom stereocenters. The molecule has 0 amide bonds. The minimum absolute atomic E-state index is 0.254. The molecule has 0 bridgehead atoms. The zero-order valence-corrected chi connectivity index (χ0v) is 13.2. The predicted molar refractivity (Wildman–Crippen MR) is 83.2 cm³/mol. The fraction of sp³-hybridized carbons (Fsp3) is 0.688. The zero-order chi connectivity index (χ0) is 14.4. The Bertz CT molecular complexity index is 407. The van der Waals surface area contributed by atoms with E-state index in [0.717, 1.165) is 17.0 Å². The molecule has 3 nitrogen and oxygen atoms in total. The summed E-state index contributed by atoms with van der Waals surface area (Å²) < 4.78 is 5.83. The SMILES string of the molecule is CNC(Cc1ccncc1Cl)C(OC)C1CCCCC1. The molecular weight excluding hydrogens is 272 g/mol. The van der Waals surface area contributed by atoms with Crippen LogP contribution >= 0.6 is 11.6 Å². The third-order valence-electron chi connectivity index (χ3n) is 4.45. The van der Waals surface area contributed by atoms with E-state index in [1.54, 1.807) is 12.4 Å². The first kappa shape index (κ1) is 15.7. The fourth-order valence-electron chi connectivity index (χ4n) is 3.34. The number of hydrogen-bond donors (Lipinski definition) is 1. The van der Waals surface area contributed by atoms with Gasteiger partial charge in [0, 0.05) is 25.5 Å². The van der Waals surface area contributed by atoms with E-state index in [9.17, 15) is 0 Å². The molecule has 1 saturated carbocycles. The Balaban J connectivity index is 2.06. The highest BCUT2D eigenvalue weighted by Crippen LogP contribution is 2.30. The predicted octanol–water partition coefficient (Wildman–Crippen LogP) is 3.46. The molecule has 112 valence electrons. The number of aromatic nitrogens is 1. The molecule has 0 radical (unpaired) electrons. The van der Waals surface area contributed by atoms with E-state index in [2.05, 4.69) is 10.3 Å². The van der Waals surface area contributed by atoms with Crippen LogP contribution in [0.15, 0.2) is 18.5 Å². The van der Waals surface area contributed by atoms with Crippen molar-refractivity contribution < 1.29 is 4.74 Å². The minimum atomic E-state index is 0.254. The first-order valence-corrected chi connectivity index (χ1v) is 7.92. The summed E-state index contributed by atoms with van der Waals surface area (Å²) in [6, 6.07) is 2.29. The van der Waals surface area contributed by atoms with Gasteiger partial charge in [-0.05, 0) is 43.9 Å². The van der Waals surface area contributed by atoms with E-state index < -0.39 is 0 Å². The maximum atomic E-state index is 6.23. The number of halogens is 1. The van der Waals surface area contributed by atoms with Gasteiger partial charge in [0.05, 0.1) is 11.1 Å². The van der Waals surface area contributed by atoms with Crippen molar-refractivity contribution in [2.24, 2.45) is 5.92 Å². The van der Waals surface area contributed by atoms with Gasteiger partial charge < -0.3 is 10.1 Å². The Labute approximate surface area is 127 Å². The lowest BCUT2D eigenvalue weighted by molar-refractivity contribution is 0.0102. The monoisotopic (exact) mass is 296 g/mol. The van der Waals surface area contributed by atoms with Gasteiger partial charge in [-0.15, -0.1) is 0 Å². The first-order valence-electron chi connectivity index (χ1n) is 7.54. The van der Waals surface area contributed by atoms with Crippen LogP contribution in [0.2, 0.25) is 5.02 Å². The zero-order valence-electron chi connectivity index (χ0n) is 12.4. The Kier molecular flexibility index (Phi) is 6.27. The van der Waals surface area contributed by atoms with E-state index in [0.29, 0.717) is 12.0 Å². The highest BCUT2D eigenvalue weighted by atomic mass is 35.5. The lowest BCUT2D eigenvalue weighted by atomic mass is 9.81. The molecule has 1 fully saturated rings. The molecule has 2 rings (SSSR count). The maximum Gasteiger partial charge on any atom is 0.0755 e. The molecule has 0 aliphatic heterocycles. The topological polar surface area (TPSA) is 34.2 Å². The van der Waals surface area contributed by atoms with Gasteiger partial charge in [0.2, 0.25) is 0 Å². The van der Waals surface area contributed by atoms with Crippen molar-refractivity contribution in [1.29, 1.82) is 0 Å². The van der Waals surface area contributed by atoms with Crippen LogP contribution in [0.1, 0.15) is 37.7 Å². The Morgan fingerprint density at radius 2 is 2.15 bits per heavy atom. The second-order valence-electron chi connectivity index (χ2n) is 5.66. The van der Waals surface area contributed by atoms with E-state index in [1.807, 2.05) is 20.2 Å². The number of pyridine rings is 1. The molecule has 0 spiro atoms. The quantitative estimate of drug-likeness (QED) is 0.873. The molecule has 0 aromatic carbocycles. The number of methoxy groups -OCH3 is 1. The molecule has 0 saturated heterocycles. The van der Waals surface area contributed by atoms with Crippen LogP contribution in [0.4, 0.5) is 0 Å². The highest BCUT2D eigenvalue weighted by molar-refractivity contribution is 6.31. The summed E-state index contributed by atoms with van der Waals surface area (Å²) in [4.78, 5) is 4.05. The van der Waals surface area contributed by atoms with Crippen LogP contribution in [0.25, 0.3) is 0 Å². The Morgan fingerprint density at radius 3 is 2.75 bits per heavy atom. The molecule has 4 heteroatoms. The number of rotatable bonds is 6. The van der Waals surface area contributed by atoms with Crippen LogP contribution < -0.4 is 5.32 Å². The summed E-state index contributed by atoms with van der Waals surface area (Å²) >= 11 is 6.23. The Morgan fingerprint density at radius 1 is 1.40 bits per heavy atom.